The van der Waals surface area contributed by atoms with Crippen LogP contribution in [-0.2, 0) is 12.0 Å². The molecule has 196 valence electrons. The summed E-state index contributed by atoms with van der Waals surface area (Å²) >= 11 is 0. The normalized spacial score (nSPS) is 21.8. The van der Waals surface area contributed by atoms with E-state index in [0.29, 0.717) is 12.5 Å². The molecule has 0 amide bonds. The smallest absolute Gasteiger partial charge is 0.115 e. The van der Waals surface area contributed by atoms with Gasteiger partial charge in [-0.3, -0.25) is 10.1 Å². The fourth-order valence-corrected chi connectivity index (χ4v) is 7.25. The number of rotatable bonds is 7. The van der Waals surface area contributed by atoms with Crippen molar-refractivity contribution < 1.29 is 0 Å². The minimum absolute atomic E-state index is 0.0932. The first-order valence-electron chi connectivity index (χ1n) is 14.1. The lowest BCUT2D eigenvalue weighted by Gasteiger charge is -2.34. The minimum atomic E-state index is 0.0932. The first-order valence-corrected chi connectivity index (χ1v) is 14.1. The molecule has 5 aromatic rings. The molecule has 2 aliphatic rings. The molecule has 7 rings (SSSR count). The molecule has 3 unspecified atom stereocenters. The van der Waals surface area contributed by atoms with Crippen molar-refractivity contribution in [1.29, 1.82) is 0 Å². The van der Waals surface area contributed by atoms with Gasteiger partial charge in [0, 0.05) is 47.3 Å². The van der Waals surface area contributed by atoms with E-state index in [-0.39, 0.29) is 16.7 Å². The lowest BCUT2D eigenvalue weighted by molar-refractivity contribution is 0.225. The van der Waals surface area contributed by atoms with Crippen LogP contribution in [0.5, 0.6) is 0 Å². The largest absolute Gasteiger partial charge is 0.310 e. The third kappa shape index (κ3) is 3.75. The van der Waals surface area contributed by atoms with Crippen molar-refractivity contribution in [3.8, 4) is 11.4 Å². The van der Waals surface area contributed by atoms with Gasteiger partial charge in [0.1, 0.15) is 5.69 Å². The van der Waals surface area contributed by atoms with Gasteiger partial charge in [-0.25, -0.2) is 4.98 Å². The molecule has 5 nitrogen and oxygen atoms in total. The van der Waals surface area contributed by atoms with Crippen LogP contribution in [0.4, 0.5) is 0 Å². The van der Waals surface area contributed by atoms with Gasteiger partial charge in [-0.2, -0.15) is 5.10 Å². The van der Waals surface area contributed by atoms with E-state index in [1.165, 1.54) is 35.0 Å². The monoisotopic (exact) mass is 513 g/mol. The number of hydrogen-bond donors (Lipinski definition) is 2. The van der Waals surface area contributed by atoms with Crippen LogP contribution in [0.1, 0.15) is 73.7 Å². The topological polar surface area (TPSA) is 66.5 Å². The fraction of sp³-hybridized carbons (Fsp3) is 0.324. The van der Waals surface area contributed by atoms with Gasteiger partial charge in [0.2, 0.25) is 0 Å². The summed E-state index contributed by atoms with van der Waals surface area (Å²) in [6.07, 6.45) is 4.27. The number of nitrogens with one attached hydrogen (secondary N) is 2. The van der Waals surface area contributed by atoms with Crippen molar-refractivity contribution in [2.45, 2.75) is 57.4 Å². The van der Waals surface area contributed by atoms with E-state index in [1.54, 1.807) is 0 Å². The number of benzene rings is 2. The Morgan fingerprint density at radius 3 is 2.56 bits per heavy atom. The summed E-state index contributed by atoms with van der Waals surface area (Å²) in [6.45, 7) is 8.76. The zero-order chi connectivity index (χ0) is 26.6. The highest BCUT2D eigenvalue weighted by Gasteiger charge is 2.61. The van der Waals surface area contributed by atoms with E-state index in [0.717, 1.165) is 34.7 Å². The maximum atomic E-state index is 5.44. The first kappa shape index (κ1) is 24.2. The Kier molecular flexibility index (Phi) is 5.67. The highest BCUT2D eigenvalue weighted by Crippen LogP contribution is 2.68. The minimum Gasteiger partial charge on any atom is -0.310 e. The van der Waals surface area contributed by atoms with E-state index in [4.69, 9.17) is 10.1 Å². The maximum absolute atomic E-state index is 5.44. The van der Waals surface area contributed by atoms with Crippen LogP contribution < -0.4 is 5.32 Å². The number of aromatic amines is 1. The summed E-state index contributed by atoms with van der Waals surface area (Å²) in [7, 11) is 0. The second-order valence-electron chi connectivity index (χ2n) is 12.0. The van der Waals surface area contributed by atoms with E-state index >= 15 is 0 Å². The summed E-state index contributed by atoms with van der Waals surface area (Å²) < 4.78 is 0. The summed E-state index contributed by atoms with van der Waals surface area (Å²) in [6, 6.07) is 27.7. The van der Waals surface area contributed by atoms with E-state index < -0.39 is 0 Å². The summed E-state index contributed by atoms with van der Waals surface area (Å²) in [4.78, 5) is 9.93. The highest BCUT2D eigenvalue weighted by molar-refractivity contribution is 5.95. The van der Waals surface area contributed by atoms with Gasteiger partial charge >= 0.3 is 0 Å². The molecular weight excluding hydrogens is 478 g/mol. The first-order chi connectivity index (χ1) is 19.0. The molecule has 3 aromatic heterocycles. The van der Waals surface area contributed by atoms with E-state index in [1.807, 2.05) is 18.3 Å². The number of H-pyrrole nitrogens is 1. The van der Waals surface area contributed by atoms with Gasteiger partial charge in [-0.15, -0.1) is 0 Å². The lowest BCUT2D eigenvalue weighted by Crippen LogP contribution is -2.32. The van der Waals surface area contributed by atoms with Crippen molar-refractivity contribution in [2.24, 2.45) is 5.41 Å². The lowest BCUT2D eigenvalue weighted by atomic mass is 9.70. The van der Waals surface area contributed by atoms with E-state index in [9.17, 15) is 0 Å². The number of hydrogen-bond acceptors (Lipinski definition) is 4. The Morgan fingerprint density at radius 1 is 0.949 bits per heavy atom. The molecule has 39 heavy (non-hydrogen) atoms. The molecule has 0 saturated heterocycles. The zero-order valence-electron chi connectivity index (χ0n) is 22.9. The Balaban J connectivity index is 1.34. The van der Waals surface area contributed by atoms with E-state index in [2.05, 4.69) is 103 Å². The summed E-state index contributed by atoms with van der Waals surface area (Å²) in [5.74, 6) is 0.594. The third-order valence-electron chi connectivity index (χ3n) is 9.85. The third-order valence-corrected chi connectivity index (χ3v) is 9.85. The Morgan fingerprint density at radius 2 is 1.74 bits per heavy atom. The number of nitrogens with zero attached hydrogens (tertiary/aromatic N) is 3. The van der Waals surface area contributed by atoms with Crippen LogP contribution in [0.15, 0.2) is 85.1 Å². The van der Waals surface area contributed by atoms with Crippen LogP contribution in [-0.4, -0.2) is 26.7 Å². The standard InChI is InChI=1S/C34H35N5/c1-33(2)27-16-17-34(33,3)32-29(27)31(38-39-32)30-25-15-8-7-13-23(25)19-28(37-30)26(22-11-5-4-6-12-22)21-35-20-24-14-9-10-18-36-24/h4-15,18-19,26-27,35H,16-17,20-21H2,1-3H3,(H,38,39). The van der Waals surface area contributed by atoms with Crippen molar-refractivity contribution in [2.75, 3.05) is 6.54 Å². The molecule has 2 N–H and O–H groups in total. The fourth-order valence-electron chi connectivity index (χ4n) is 7.25. The second kappa shape index (κ2) is 9.13. The molecule has 1 fully saturated rings. The number of fused-ring (bicyclic) bond motifs is 6. The van der Waals surface area contributed by atoms with Crippen LogP contribution in [0, 0.1) is 5.41 Å². The molecule has 5 heteroatoms. The van der Waals surface area contributed by atoms with Crippen LogP contribution >= 0.6 is 0 Å². The van der Waals surface area contributed by atoms with Crippen molar-refractivity contribution in [3.63, 3.8) is 0 Å². The number of pyridine rings is 2. The molecule has 1 saturated carbocycles. The molecule has 3 atom stereocenters. The van der Waals surface area contributed by atoms with Crippen molar-refractivity contribution in [3.05, 3.63) is 113 Å². The second-order valence-corrected chi connectivity index (χ2v) is 12.0. The zero-order valence-corrected chi connectivity index (χ0v) is 22.9. The Hall–Kier alpha value is -3.83. The Bertz CT molecular complexity index is 1640. The van der Waals surface area contributed by atoms with Gasteiger partial charge in [0.25, 0.3) is 0 Å². The molecule has 0 radical (unpaired) electrons. The SMILES string of the molecule is CC12CCC(c3c(-c4nc(C(CNCc5ccccn5)c5ccccc5)cc5ccccc45)n[nH]c31)C2(C)C. The van der Waals surface area contributed by atoms with Gasteiger partial charge in [0.15, 0.2) is 0 Å². The van der Waals surface area contributed by atoms with Crippen molar-refractivity contribution >= 4 is 10.8 Å². The molecular formula is C34H35N5. The quantitative estimate of drug-likeness (QED) is 0.243. The average Bonchev–Trinajstić information content (AvgIpc) is 3.55. The molecule has 0 spiro atoms. The molecule has 0 aliphatic heterocycles. The molecule has 2 aliphatic carbocycles. The van der Waals surface area contributed by atoms with Gasteiger partial charge < -0.3 is 5.32 Å². The maximum Gasteiger partial charge on any atom is 0.115 e. The summed E-state index contributed by atoms with van der Waals surface area (Å²) in [5, 5.41) is 14.5. The molecule has 2 aromatic carbocycles. The number of aromatic nitrogens is 4. The van der Waals surface area contributed by atoms with Crippen LogP contribution in [0.25, 0.3) is 22.2 Å². The Labute approximate surface area is 230 Å². The molecule has 2 bridgehead atoms. The van der Waals surface area contributed by atoms with Gasteiger partial charge in [0.05, 0.1) is 17.1 Å². The summed E-state index contributed by atoms with van der Waals surface area (Å²) in [5.41, 5.74) is 8.45. The predicted octanol–water partition coefficient (Wildman–Crippen LogP) is 7.12. The molecule has 3 heterocycles. The van der Waals surface area contributed by atoms with Crippen LogP contribution in [0.2, 0.25) is 0 Å². The highest BCUT2D eigenvalue weighted by atomic mass is 15.2. The van der Waals surface area contributed by atoms with Crippen molar-refractivity contribution in [1.82, 2.24) is 25.5 Å². The van der Waals surface area contributed by atoms with Gasteiger partial charge in [-0.05, 0) is 53.3 Å². The van der Waals surface area contributed by atoms with Crippen LogP contribution in [0.3, 0.4) is 0 Å². The predicted molar refractivity (Wildman–Crippen MR) is 157 cm³/mol. The average molecular weight is 514 g/mol. The van der Waals surface area contributed by atoms with Gasteiger partial charge in [-0.1, -0.05) is 81.4 Å².